The minimum atomic E-state index is -4.08. The molecule has 0 spiro atoms. The number of H-pyrrole nitrogens is 1. The zero-order chi connectivity index (χ0) is 27.2. The number of esters is 1. The third kappa shape index (κ3) is 4.63. The van der Waals surface area contributed by atoms with Crippen molar-refractivity contribution in [3.8, 4) is 11.4 Å². The van der Waals surface area contributed by atoms with Crippen LogP contribution in [0.4, 0.5) is 0 Å². The Morgan fingerprint density at radius 2 is 1.79 bits per heavy atom. The number of nitrogens with zero attached hydrogens (tertiary/aromatic N) is 1. The van der Waals surface area contributed by atoms with E-state index in [-0.39, 0.29) is 16.4 Å². The number of carbonyl (C=O) groups excluding carboxylic acids is 1. The van der Waals surface area contributed by atoms with Crippen LogP contribution in [0, 0.1) is 6.92 Å². The van der Waals surface area contributed by atoms with Gasteiger partial charge in [0.1, 0.15) is 10.6 Å². The maximum Gasteiger partial charge on any atom is 0.356 e. The Bertz CT molecular complexity index is 1720. The van der Waals surface area contributed by atoms with Gasteiger partial charge in [0.15, 0.2) is 0 Å². The zero-order valence-corrected chi connectivity index (χ0v) is 23.8. The van der Waals surface area contributed by atoms with Crippen LogP contribution in [0.1, 0.15) is 39.7 Å². The molecule has 196 valence electrons. The van der Waals surface area contributed by atoms with Gasteiger partial charge in [-0.05, 0) is 89.6 Å². The number of sulfone groups is 1. The maximum atomic E-state index is 13.3. The number of hydrogen-bond donors (Lipinski definition) is 1. The fraction of sp³-hybridized carbons (Fsp3) is 0.214. The molecular weight excluding hydrogens is 592 g/mol. The first-order valence-corrected chi connectivity index (χ1v) is 14.7. The number of rotatable bonds is 6. The SMILES string of the molecule is CCOC(=O)c1c(Br)c2c(n1Cc1ccc(C)cc1)-c1[nH]c(=O)c(S(=O)(=O)c3ccc(Cl)cc3)cc1CC2. The summed E-state index contributed by atoms with van der Waals surface area (Å²) in [5, 5.41) is 0.396. The molecule has 10 heteroatoms. The van der Waals surface area contributed by atoms with Crippen molar-refractivity contribution in [3.05, 3.63) is 102 Å². The van der Waals surface area contributed by atoms with Crippen LogP contribution in [0.25, 0.3) is 11.4 Å². The molecule has 0 bridgehead atoms. The third-order valence-electron chi connectivity index (χ3n) is 6.61. The summed E-state index contributed by atoms with van der Waals surface area (Å²) < 4.78 is 34.4. The second-order valence-corrected chi connectivity index (χ2v) is 12.2. The zero-order valence-electron chi connectivity index (χ0n) is 20.7. The Morgan fingerprint density at radius 3 is 2.45 bits per heavy atom. The van der Waals surface area contributed by atoms with Gasteiger partial charge in [-0.2, -0.15) is 0 Å². The molecule has 0 aliphatic heterocycles. The van der Waals surface area contributed by atoms with Crippen molar-refractivity contribution in [2.45, 2.75) is 43.0 Å². The first-order chi connectivity index (χ1) is 18.1. The molecule has 1 N–H and O–H groups in total. The molecule has 1 aliphatic carbocycles. The molecule has 4 aromatic rings. The molecule has 1 aliphatic rings. The van der Waals surface area contributed by atoms with Crippen LogP contribution in [0.2, 0.25) is 5.02 Å². The van der Waals surface area contributed by atoms with Gasteiger partial charge in [0, 0.05) is 11.6 Å². The van der Waals surface area contributed by atoms with Gasteiger partial charge in [0.25, 0.3) is 5.56 Å². The monoisotopic (exact) mass is 614 g/mol. The van der Waals surface area contributed by atoms with E-state index in [1.807, 2.05) is 35.8 Å². The third-order valence-corrected chi connectivity index (χ3v) is 9.49. The highest BCUT2D eigenvalue weighted by molar-refractivity contribution is 9.10. The number of aromatic nitrogens is 2. The molecule has 0 unspecified atom stereocenters. The number of hydrogen-bond acceptors (Lipinski definition) is 5. The lowest BCUT2D eigenvalue weighted by Gasteiger charge is -2.21. The summed E-state index contributed by atoms with van der Waals surface area (Å²) in [4.78, 5) is 28.8. The fourth-order valence-corrected chi connectivity index (χ4v) is 6.98. The molecular formula is C28H24BrClN2O5S. The average Bonchev–Trinajstić information content (AvgIpc) is 3.17. The number of halogens is 2. The minimum Gasteiger partial charge on any atom is -0.461 e. The van der Waals surface area contributed by atoms with Crippen molar-refractivity contribution in [3.63, 3.8) is 0 Å². The van der Waals surface area contributed by atoms with Gasteiger partial charge in [-0.25, -0.2) is 13.2 Å². The molecule has 2 aromatic carbocycles. The lowest BCUT2D eigenvalue weighted by atomic mass is 9.94. The Labute approximate surface area is 233 Å². The Kier molecular flexibility index (Phi) is 7.11. The van der Waals surface area contributed by atoms with E-state index in [9.17, 15) is 18.0 Å². The summed E-state index contributed by atoms with van der Waals surface area (Å²) in [6.07, 6.45) is 1.03. The van der Waals surface area contributed by atoms with E-state index in [1.54, 1.807) is 6.92 Å². The van der Waals surface area contributed by atoms with Gasteiger partial charge >= 0.3 is 5.97 Å². The molecule has 0 fully saturated rings. The van der Waals surface area contributed by atoms with E-state index in [0.717, 1.165) is 16.7 Å². The van der Waals surface area contributed by atoms with Crippen molar-refractivity contribution >= 4 is 43.3 Å². The number of pyridine rings is 1. The molecule has 38 heavy (non-hydrogen) atoms. The lowest BCUT2D eigenvalue weighted by molar-refractivity contribution is 0.0513. The van der Waals surface area contributed by atoms with Gasteiger partial charge < -0.3 is 14.3 Å². The first kappa shape index (κ1) is 26.5. The number of aryl methyl sites for hydroxylation is 2. The number of fused-ring (bicyclic) bond motifs is 3. The van der Waals surface area contributed by atoms with Gasteiger partial charge in [0.2, 0.25) is 9.84 Å². The molecule has 0 atom stereocenters. The van der Waals surface area contributed by atoms with Crippen LogP contribution < -0.4 is 5.56 Å². The van der Waals surface area contributed by atoms with E-state index < -0.39 is 21.4 Å². The maximum absolute atomic E-state index is 13.3. The quantitative estimate of drug-likeness (QED) is 0.280. The average molecular weight is 616 g/mol. The molecule has 0 saturated carbocycles. The van der Waals surface area contributed by atoms with Crippen molar-refractivity contribution in [2.24, 2.45) is 0 Å². The number of aromatic amines is 1. The summed E-state index contributed by atoms with van der Waals surface area (Å²) in [7, 11) is -4.08. The van der Waals surface area contributed by atoms with Crippen molar-refractivity contribution in [1.82, 2.24) is 9.55 Å². The molecule has 0 radical (unpaired) electrons. The largest absolute Gasteiger partial charge is 0.461 e. The summed E-state index contributed by atoms with van der Waals surface area (Å²) in [5.41, 5.74) is 4.38. The minimum absolute atomic E-state index is 0.0149. The van der Waals surface area contributed by atoms with Crippen molar-refractivity contribution in [1.29, 1.82) is 0 Å². The van der Waals surface area contributed by atoms with Crippen molar-refractivity contribution < 1.29 is 17.9 Å². The summed E-state index contributed by atoms with van der Waals surface area (Å²) in [6.45, 7) is 4.31. The summed E-state index contributed by atoms with van der Waals surface area (Å²) in [6, 6.07) is 15.1. The van der Waals surface area contributed by atoms with E-state index >= 15 is 0 Å². The van der Waals surface area contributed by atoms with Gasteiger partial charge in [-0.1, -0.05) is 41.4 Å². The second-order valence-electron chi connectivity index (χ2n) is 9.10. The highest BCUT2D eigenvalue weighted by Gasteiger charge is 2.33. The smallest absolute Gasteiger partial charge is 0.356 e. The highest BCUT2D eigenvalue weighted by Crippen LogP contribution is 2.41. The summed E-state index contributed by atoms with van der Waals surface area (Å²) in [5.74, 6) is -0.480. The lowest BCUT2D eigenvalue weighted by Crippen LogP contribution is -2.22. The Morgan fingerprint density at radius 1 is 1.11 bits per heavy atom. The Balaban J connectivity index is 1.69. The van der Waals surface area contributed by atoms with E-state index in [4.69, 9.17) is 16.3 Å². The molecule has 2 heterocycles. The fourth-order valence-electron chi connectivity index (χ4n) is 4.75. The molecule has 2 aromatic heterocycles. The number of nitrogens with one attached hydrogen (secondary N) is 1. The second kappa shape index (κ2) is 10.2. The van der Waals surface area contributed by atoms with Gasteiger partial charge in [-0.3, -0.25) is 4.79 Å². The predicted octanol–water partition coefficient (Wildman–Crippen LogP) is 5.72. The number of carbonyl (C=O) groups is 1. The van der Waals surface area contributed by atoms with E-state index in [1.165, 1.54) is 30.3 Å². The van der Waals surface area contributed by atoms with Crippen LogP contribution in [0.15, 0.2) is 73.7 Å². The molecule has 0 saturated heterocycles. The van der Waals surface area contributed by atoms with Gasteiger partial charge in [-0.15, -0.1) is 0 Å². The topological polar surface area (TPSA) is 98.2 Å². The van der Waals surface area contributed by atoms with E-state index in [0.29, 0.717) is 51.5 Å². The number of ether oxygens (including phenoxy) is 1. The molecule has 7 nitrogen and oxygen atoms in total. The molecule has 5 rings (SSSR count). The van der Waals surface area contributed by atoms with Crippen LogP contribution >= 0.6 is 27.5 Å². The number of benzene rings is 2. The predicted molar refractivity (Wildman–Crippen MR) is 149 cm³/mol. The van der Waals surface area contributed by atoms with Crippen molar-refractivity contribution in [2.75, 3.05) is 6.61 Å². The summed E-state index contributed by atoms with van der Waals surface area (Å²) >= 11 is 9.53. The van der Waals surface area contributed by atoms with Gasteiger partial charge in [0.05, 0.1) is 27.4 Å². The highest BCUT2D eigenvalue weighted by atomic mass is 79.9. The van der Waals surface area contributed by atoms with Crippen LogP contribution in [0.3, 0.4) is 0 Å². The Hall–Kier alpha value is -3.14. The van der Waals surface area contributed by atoms with Crippen LogP contribution in [-0.4, -0.2) is 30.5 Å². The first-order valence-electron chi connectivity index (χ1n) is 12.0. The molecule has 0 amide bonds. The van der Waals surface area contributed by atoms with Crippen LogP contribution in [-0.2, 0) is 34.0 Å². The van der Waals surface area contributed by atoms with E-state index in [2.05, 4.69) is 20.9 Å². The standard InChI is InChI=1S/C28H24BrClN2O5S/c1-3-37-28(34)26-23(29)21-13-8-18-14-22(38(35,36)20-11-9-19(30)10-12-20)27(33)31-24(18)25(21)32(26)15-17-6-4-16(2)5-7-17/h4-7,9-12,14H,3,8,13,15H2,1-2H3,(H,31,33). The van der Waals surface area contributed by atoms with Crippen LogP contribution in [0.5, 0.6) is 0 Å². The normalized spacial score (nSPS) is 12.6.